The van der Waals surface area contributed by atoms with E-state index in [1.54, 1.807) is 0 Å². The van der Waals surface area contributed by atoms with E-state index in [0.29, 0.717) is 6.54 Å². The predicted molar refractivity (Wildman–Crippen MR) is 75.7 cm³/mol. The van der Waals surface area contributed by atoms with Crippen molar-refractivity contribution in [3.8, 4) is 0 Å². The maximum atomic E-state index is 12.1. The van der Waals surface area contributed by atoms with Crippen molar-refractivity contribution in [2.24, 2.45) is 4.99 Å². The van der Waals surface area contributed by atoms with Gasteiger partial charge in [-0.15, -0.1) is 0 Å². The lowest BCUT2D eigenvalue weighted by Crippen LogP contribution is -2.41. The SMILES string of the molecule is CCCCCNS(=O)(=O)C1=NC2C=CC=CC2OC1. The zero-order valence-electron chi connectivity index (χ0n) is 11.1. The number of allylic oxidation sites excluding steroid dienone is 2. The average Bonchev–Trinajstić information content (AvgIpc) is 2.43. The van der Waals surface area contributed by atoms with E-state index < -0.39 is 10.0 Å². The van der Waals surface area contributed by atoms with Crippen molar-refractivity contribution in [2.75, 3.05) is 13.2 Å². The van der Waals surface area contributed by atoms with Gasteiger partial charge in [-0.3, -0.25) is 4.99 Å². The summed E-state index contributed by atoms with van der Waals surface area (Å²) in [6, 6.07) is -0.221. The summed E-state index contributed by atoms with van der Waals surface area (Å²) >= 11 is 0. The van der Waals surface area contributed by atoms with Crippen LogP contribution in [0.25, 0.3) is 0 Å². The van der Waals surface area contributed by atoms with Crippen LogP contribution in [0.4, 0.5) is 0 Å². The average molecular weight is 284 g/mol. The fourth-order valence-corrected chi connectivity index (χ4v) is 3.09. The number of aliphatic imine (C=N–C) groups is 1. The van der Waals surface area contributed by atoms with Crippen molar-refractivity contribution in [1.82, 2.24) is 4.72 Å². The van der Waals surface area contributed by atoms with Crippen LogP contribution in [-0.2, 0) is 14.8 Å². The number of nitrogens with zero attached hydrogens (tertiary/aromatic N) is 1. The van der Waals surface area contributed by atoms with Gasteiger partial charge in [-0.1, -0.05) is 44.1 Å². The minimum Gasteiger partial charge on any atom is -0.364 e. The van der Waals surface area contributed by atoms with Gasteiger partial charge in [0.1, 0.15) is 12.7 Å². The third kappa shape index (κ3) is 3.75. The second-order valence-electron chi connectivity index (χ2n) is 4.66. The molecule has 0 saturated heterocycles. The van der Waals surface area contributed by atoms with Crippen LogP contribution < -0.4 is 4.72 Å². The fraction of sp³-hybridized carbons (Fsp3) is 0.615. The van der Waals surface area contributed by atoms with Gasteiger partial charge in [0, 0.05) is 6.54 Å². The van der Waals surface area contributed by atoms with Gasteiger partial charge in [0.25, 0.3) is 10.0 Å². The summed E-state index contributed by atoms with van der Waals surface area (Å²) in [6.07, 6.45) is 10.3. The Morgan fingerprint density at radius 3 is 2.95 bits per heavy atom. The summed E-state index contributed by atoms with van der Waals surface area (Å²) in [5, 5.41) is 0.102. The van der Waals surface area contributed by atoms with Gasteiger partial charge in [-0.2, -0.15) is 0 Å². The van der Waals surface area contributed by atoms with E-state index >= 15 is 0 Å². The minimum atomic E-state index is -3.50. The van der Waals surface area contributed by atoms with Gasteiger partial charge in [0.2, 0.25) is 0 Å². The number of hydrogen-bond donors (Lipinski definition) is 1. The molecule has 0 aromatic carbocycles. The van der Waals surface area contributed by atoms with Gasteiger partial charge in [0.05, 0.1) is 6.04 Å². The minimum absolute atomic E-state index is 0.0441. The molecule has 2 atom stereocenters. The molecule has 1 N–H and O–H groups in total. The number of rotatable bonds is 5. The molecule has 0 spiro atoms. The first-order valence-corrected chi connectivity index (χ1v) is 8.15. The van der Waals surface area contributed by atoms with Gasteiger partial charge >= 0.3 is 0 Å². The molecule has 1 aliphatic carbocycles. The molecule has 0 aromatic heterocycles. The summed E-state index contributed by atoms with van der Waals surface area (Å²) < 4.78 is 32.2. The summed E-state index contributed by atoms with van der Waals surface area (Å²) in [6.45, 7) is 2.58. The van der Waals surface area contributed by atoms with Gasteiger partial charge < -0.3 is 4.74 Å². The van der Waals surface area contributed by atoms with Crippen molar-refractivity contribution in [1.29, 1.82) is 0 Å². The maximum Gasteiger partial charge on any atom is 0.256 e. The second kappa shape index (κ2) is 6.45. The van der Waals surface area contributed by atoms with Crippen molar-refractivity contribution >= 4 is 15.1 Å². The van der Waals surface area contributed by atoms with Crippen molar-refractivity contribution in [2.45, 2.75) is 38.3 Å². The number of nitrogens with one attached hydrogen (secondary N) is 1. The highest BCUT2D eigenvalue weighted by atomic mass is 32.2. The molecule has 19 heavy (non-hydrogen) atoms. The number of hydrogen-bond acceptors (Lipinski definition) is 4. The van der Waals surface area contributed by atoms with E-state index in [4.69, 9.17) is 4.74 Å². The molecule has 1 aliphatic heterocycles. The molecule has 1 heterocycles. The molecule has 2 unspecified atom stereocenters. The van der Waals surface area contributed by atoms with Crippen LogP contribution in [0, 0.1) is 0 Å². The van der Waals surface area contributed by atoms with E-state index in [1.165, 1.54) is 0 Å². The topological polar surface area (TPSA) is 67.8 Å². The molecule has 0 bridgehead atoms. The normalized spacial score (nSPS) is 26.1. The van der Waals surface area contributed by atoms with Crippen LogP contribution in [0.2, 0.25) is 0 Å². The van der Waals surface area contributed by atoms with Gasteiger partial charge in [-0.25, -0.2) is 13.1 Å². The molecule has 0 amide bonds. The highest BCUT2D eigenvalue weighted by Gasteiger charge is 2.30. The van der Waals surface area contributed by atoms with Crippen molar-refractivity contribution in [3.63, 3.8) is 0 Å². The van der Waals surface area contributed by atoms with Crippen LogP contribution >= 0.6 is 0 Å². The maximum absolute atomic E-state index is 12.1. The first-order valence-electron chi connectivity index (χ1n) is 6.66. The summed E-state index contributed by atoms with van der Waals surface area (Å²) in [5.41, 5.74) is 0. The third-order valence-electron chi connectivity index (χ3n) is 3.13. The Bertz CT molecular complexity index is 494. The van der Waals surface area contributed by atoms with Crippen molar-refractivity contribution in [3.05, 3.63) is 24.3 Å². The Morgan fingerprint density at radius 1 is 1.37 bits per heavy atom. The highest BCUT2D eigenvalue weighted by Crippen LogP contribution is 2.18. The van der Waals surface area contributed by atoms with Gasteiger partial charge in [-0.05, 0) is 6.42 Å². The highest BCUT2D eigenvalue weighted by molar-refractivity contribution is 8.04. The molecule has 6 heteroatoms. The van der Waals surface area contributed by atoms with E-state index in [-0.39, 0.29) is 23.8 Å². The number of ether oxygens (including phenoxy) is 1. The number of unbranched alkanes of at least 4 members (excludes halogenated alkanes) is 2. The smallest absolute Gasteiger partial charge is 0.256 e. The molecule has 5 nitrogen and oxygen atoms in total. The van der Waals surface area contributed by atoms with Crippen molar-refractivity contribution < 1.29 is 13.2 Å². The van der Waals surface area contributed by atoms with Crippen LogP contribution in [0.3, 0.4) is 0 Å². The summed E-state index contributed by atoms with van der Waals surface area (Å²) in [4.78, 5) is 4.28. The molecule has 2 aliphatic rings. The van der Waals surface area contributed by atoms with E-state index in [9.17, 15) is 8.42 Å². The first-order chi connectivity index (χ1) is 9.13. The Balaban J connectivity index is 1.99. The second-order valence-corrected chi connectivity index (χ2v) is 6.43. The molecule has 0 aromatic rings. The Kier molecular flexibility index (Phi) is 4.90. The Hall–Kier alpha value is -0.980. The van der Waals surface area contributed by atoms with Crippen LogP contribution in [-0.4, -0.2) is 38.8 Å². The summed E-state index contributed by atoms with van der Waals surface area (Å²) in [7, 11) is -3.50. The number of sulfonamides is 1. The Labute approximate surface area is 114 Å². The fourth-order valence-electron chi connectivity index (χ4n) is 2.03. The molecular weight excluding hydrogens is 264 g/mol. The first kappa shape index (κ1) is 14.4. The zero-order valence-corrected chi connectivity index (χ0v) is 11.9. The van der Waals surface area contributed by atoms with E-state index in [2.05, 4.69) is 16.6 Å². The predicted octanol–water partition coefficient (Wildman–Crippen LogP) is 1.39. The molecule has 0 fully saturated rings. The molecular formula is C13H20N2O3S. The van der Waals surface area contributed by atoms with Crippen LogP contribution in [0.1, 0.15) is 26.2 Å². The lowest BCUT2D eigenvalue weighted by molar-refractivity contribution is 0.0984. The largest absolute Gasteiger partial charge is 0.364 e. The molecule has 2 rings (SSSR count). The monoisotopic (exact) mass is 284 g/mol. The Morgan fingerprint density at radius 2 is 2.16 bits per heavy atom. The van der Waals surface area contributed by atoms with Crippen LogP contribution in [0.5, 0.6) is 0 Å². The summed E-state index contributed by atoms with van der Waals surface area (Å²) in [5.74, 6) is 0. The standard InChI is InChI=1S/C13H20N2O3S/c1-2-3-6-9-14-19(16,17)13-10-18-12-8-5-4-7-11(12)15-13/h4-5,7-8,11-12,14H,2-3,6,9-10H2,1H3. The number of fused-ring (bicyclic) bond motifs is 1. The molecule has 0 radical (unpaired) electrons. The third-order valence-corrected chi connectivity index (χ3v) is 4.56. The zero-order chi connectivity index (χ0) is 13.7. The van der Waals surface area contributed by atoms with E-state index in [0.717, 1.165) is 19.3 Å². The van der Waals surface area contributed by atoms with E-state index in [1.807, 2.05) is 24.3 Å². The quantitative estimate of drug-likeness (QED) is 0.776. The van der Waals surface area contributed by atoms with Crippen LogP contribution in [0.15, 0.2) is 29.3 Å². The lowest BCUT2D eigenvalue weighted by Gasteiger charge is -2.27. The lowest BCUT2D eigenvalue weighted by atomic mass is 10.1. The van der Waals surface area contributed by atoms with Gasteiger partial charge in [0.15, 0.2) is 5.04 Å². The molecule has 106 valence electrons. The molecule has 0 saturated carbocycles.